The molecule has 0 aliphatic heterocycles. The van der Waals surface area contributed by atoms with E-state index in [0.29, 0.717) is 25.3 Å². The summed E-state index contributed by atoms with van der Waals surface area (Å²) in [4.78, 5) is 23.0. The monoisotopic (exact) mass is 296 g/mol. The molecule has 20 heavy (non-hydrogen) atoms. The number of carbonyl (C=O) groups excluding carboxylic acids is 2. The van der Waals surface area contributed by atoms with Crippen LogP contribution in [0, 0.1) is 5.92 Å². The predicted molar refractivity (Wildman–Crippen MR) is 81.7 cm³/mol. The molecule has 5 heteroatoms. The van der Waals surface area contributed by atoms with Crippen molar-refractivity contribution >= 4 is 29.1 Å². The van der Waals surface area contributed by atoms with Gasteiger partial charge in [-0.1, -0.05) is 26.0 Å². The third-order valence-electron chi connectivity index (χ3n) is 2.77. The van der Waals surface area contributed by atoms with Crippen LogP contribution in [0.5, 0.6) is 0 Å². The number of alkyl halides is 1. The molecule has 0 aromatic heterocycles. The Morgan fingerprint density at radius 1 is 1.20 bits per heavy atom. The highest BCUT2D eigenvalue weighted by Crippen LogP contribution is 2.11. The number of carbonyl (C=O) groups is 2. The topological polar surface area (TPSA) is 58.2 Å². The molecule has 2 amide bonds. The third-order valence-corrected chi connectivity index (χ3v) is 3.04. The van der Waals surface area contributed by atoms with E-state index in [0.717, 1.165) is 11.3 Å². The molecule has 0 atom stereocenters. The lowest BCUT2D eigenvalue weighted by Gasteiger charge is -2.09. The first-order chi connectivity index (χ1) is 9.52. The van der Waals surface area contributed by atoms with E-state index in [4.69, 9.17) is 11.6 Å². The predicted octanol–water partition coefficient (Wildman–Crippen LogP) is 2.92. The minimum absolute atomic E-state index is 0.00263. The lowest BCUT2D eigenvalue weighted by atomic mass is 10.1. The molecule has 0 aliphatic rings. The van der Waals surface area contributed by atoms with Crippen molar-refractivity contribution in [2.75, 3.05) is 11.2 Å². The zero-order valence-corrected chi connectivity index (χ0v) is 12.7. The van der Waals surface area contributed by atoms with Crippen molar-refractivity contribution in [3.8, 4) is 0 Å². The Morgan fingerprint density at radius 2 is 1.85 bits per heavy atom. The Morgan fingerprint density at radius 3 is 2.40 bits per heavy atom. The fourth-order valence-electron chi connectivity index (χ4n) is 1.51. The Kier molecular flexibility index (Phi) is 7.09. The van der Waals surface area contributed by atoms with Crippen LogP contribution in [0.25, 0.3) is 0 Å². The first-order valence-electron chi connectivity index (χ1n) is 6.75. The van der Waals surface area contributed by atoms with Crippen molar-refractivity contribution in [1.29, 1.82) is 0 Å². The maximum absolute atomic E-state index is 11.5. The van der Waals surface area contributed by atoms with Gasteiger partial charge in [-0.2, -0.15) is 0 Å². The number of amides is 2. The average Bonchev–Trinajstić information content (AvgIpc) is 2.44. The van der Waals surface area contributed by atoms with Gasteiger partial charge in [0.15, 0.2) is 0 Å². The van der Waals surface area contributed by atoms with Crippen molar-refractivity contribution in [2.24, 2.45) is 5.92 Å². The fraction of sp³-hybridized carbons (Fsp3) is 0.467. The summed E-state index contributed by atoms with van der Waals surface area (Å²) in [6.45, 7) is 4.18. The minimum atomic E-state index is -0.0455. The van der Waals surface area contributed by atoms with Crippen LogP contribution < -0.4 is 10.6 Å². The largest absolute Gasteiger partial charge is 0.352 e. The second-order valence-electron chi connectivity index (χ2n) is 4.91. The SMILES string of the molecule is CC(C)C(=O)Nc1ccc(CNC(=O)CCCCl)cc1. The zero-order chi connectivity index (χ0) is 15.0. The van der Waals surface area contributed by atoms with Gasteiger partial charge in [-0.3, -0.25) is 9.59 Å². The fourth-order valence-corrected chi connectivity index (χ4v) is 1.64. The van der Waals surface area contributed by atoms with Gasteiger partial charge in [0, 0.05) is 30.5 Å². The molecular weight excluding hydrogens is 276 g/mol. The Bertz CT molecular complexity index is 444. The van der Waals surface area contributed by atoms with Crippen LogP contribution in [0.3, 0.4) is 0 Å². The molecule has 0 spiro atoms. The van der Waals surface area contributed by atoms with E-state index in [1.807, 2.05) is 38.1 Å². The van der Waals surface area contributed by atoms with Gasteiger partial charge in [0.25, 0.3) is 0 Å². The van der Waals surface area contributed by atoms with Crippen LogP contribution in [0.2, 0.25) is 0 Å². The van der Waals surface area contributed by atoms with Crippen molar-refractivity contribution in [3.05, 3.63) is 29.8 Å². The highest BCUT2D eigenvalue weighted by atomic mass is 35.5. The van der Waals surface area contributed by atoms with Crippen LogP contribution in [0.15, 0.2) is 24.3 Å². The molecule has 1 rings (SSSR count). The zero-order valence-electron chi connectivity index (χ0n) is 11.9. The second-order valence-corrected chi connectivity index (χ2v) is 5.29. The van der Waals surface area contributed by atoms with Gasteiger partial charge < -0.3 is 10.6 Å². The Hall–Kier alpha value is -1.55. The number of hydrogen-bond acceptors (Lipinski definition) is 2. The van der Waals surface area contributed by atoms with E-state index in [9.17, 15) is 9.59 Å². The van der Waals surface area contributed by atoms with Crippen LogP contribution in [0.4, 0.5) is 5.69 Å². The molecule has 1 aromatic rings. The molecule has 0 saturated carbocycles. The number of rotatable bonds is 7. The first-order valence-corrected chi connectivity index (χ1v) is 7.29. The van der Waals surface area contributed by atoms with Crippen molar-refractivity contribution in [3.63, 3.8) is 0 Å². The summed E-state index contributed by atoms with van der Waals surface area (Å²) in [5.41, 5.74) is 1.76. The summed E-state index contributed by atoms with van der Waals surface area (Å²) in [5.74, 6) is 0.448. The van der Waals surface area contributed by atoms with E-state index in [-0.39, 0.29) is 17.7 Å². The van der Waals surface area contributed by atoms with Crippen LogP contribution >= 0.6 is 11.6 Å². The minimum Gasteiger partial charge on any atom is -0.352 e. The summed E-state index contributed by atoms with van der Waals surface area (Å²) in [5, 5.41) is 5.65. The quantitative estimate of drug-likeness (QED) is 0.760. The van der Waals surface area contributed by atoms with E-state index >= 15 is 0 Å². The van der Waals surface area contributed by atoms with Crippen molar-refractivity contribution in [1.82, 2.24) is 5.32 Å². The van der Waals surface area contributed by atoms with Crippen LogP contribution in [-0.2, 0) is 16.1 Å². The molecule has 0 radical (unpaired) electrons. The van der Waals surface area contributed by atoms with Gasteiger partial charge >= 0.3 is 0 Å². The summed E-state index contributed by atoms with van der Waals surface area (Å²) >= 11 is 5.53. The lowest BCUT2D eigenvalue weighted by molar-refractivity contribution is -0.121. The van der Waals surface area contributed by atoms with Gasteiger partial charge in [0.1, 0.15) is 0 Å². The third kappa shape index (κ3) is 6.06. The molecule has 0 saturated heterocycles. The van der Waals surface area contributed by atoms with Crippen LogP contribution in [0.1, 0.15) is 32.3 Å². The van der Waals surface area contributed by atoms with Crippen molar-refractivity contribution < 1.29 is 9.59 Å². The summed E-state index contributed by atoms with van der Waals surface area (Å²) in [7, 11) is 0. The summed E-state index contributed by atoms with van der Waals surface area (Å²) in [6, 6.07) is 7.44. The highest BCUT2D eigenvalue weighted by molar-refractivity contribution is 6.17. The first kappa shape index (κ1) is 16.5. The average molecular weight is 297 g/mol. The second kappa shape index (κ2) is 8.59. The number of halogens is 1. The number of anilines is 1. The number of nitrogens with one attached hydrogen (secondary N) is 2. The normalized spacial score (nSPS) is 10.4. The summed E-state index contributed by atoms with van der Waals surface area (Å²) < 4.78 is 0. The van der Waals surface area contributed by atoms with Crippen molar-refractivity contribution in [2.45, 2.75) is 33.2 Å². The van der Waals surface area contributed by atoms with E-state index in [2.05, 4.69) is 10.6 Å². The van der Waals surface area contributed by atoms with Gasteiger partial charge in [-0.25, -0.2) is 0 Å². The standard InChI is InChI=1S/C15H21ClN2O2/c1-11(2)15(20)18-13-7-5-12(6-8-13)10-17-14(19)4-3-9-16/h5-8,11H,3-4,9-10H2,1-2H3,(H,17,19)(H,18,20). The van der Waals surface area contributed by atoms with Gasteiger partial charge in [0.05, 0.1) is 0 Å². The molecule has 0 bridgehead atoms. The molecule has 0 heterocycles. The maximum atomic E-state index is 11.5. The lowest BCUT2D eigenvalue weighted by Crippen LogP contribution is -2.22. The number of hydrogen-bond donors (Lipinski definition) is 2. The molecule has 0 fully saturated rings. The van der Waals surface area contributed by atoms with E-state index in [1.54, 1.807) is 0 Å². The number of benzene rings is 1. The molecule has 0 aliphatic carbocycles. The van der Waals surface area contributed by atoms with Gasteiger partial charge in [0.2, 0.25) is 11.8 Å². The molecule has 2 N–H and O–H groups in total. The molecular formula is C15H21ClN2O2. The van der Waals surface area contributed by atoms with Gasteiger partial charge in [-0.05, 0) is 24.1 Å². The van der Waals surface area contributed by atoms with E-state index in [1.165, 1.54) is 0 Å². The summed E-state index contributed by atoms with van der Waals surface area (Å²) in [6.07, 6.45) is 1.14. The van der Waals surface area contributed by atoms with Crippen LogP contribution in [-0.4, -0.2) is 17.7 Å². The van der Waals surface area contributed by atoms with Gasteiger partial charge in [-0.15, -0.1) is 11.6 Å². The Labute approximate surface area is 124 Å². The molecule has 1 aromatic carbocycles. The molecule has 0 unspecified atom stereocenters. The smallest absolute Gasteiger partial charge is 0.226 e. The molecule has 110 valence electrons. The highest BCUT2D eigenvalue weighted by Gasteiger charge is 2.06. The Balaban J connectivity index is 2.42. The van der Waals surface area contributed by atoms with E-state index < -0.39 is 0 Å². The molecule has 4 nitrogen and oxygen atoms in total. The maximum Gasteiger partial charge on any atom is 0.226 e.